The quantitative estimate of drug-likeness (QED) is 0.0675. The summed E-state index contributed by atoms with van der Waals surface area (Å²) in [5.74, 6) is 2.77. The molecular formula is C67H61ClN15NaO5S3. The average molecular weight is 1310 g/mol. The van der Waals surface area contributed by atoms with Crippen LogP contribution in [0, 0.1) is 0 Å². The van der Waals surface area contributed by atoms with Crippen molar-refractivity contribution in [2.45, 2.75) is 53.1 Å². The van der Waals surface area contributed by atoms with Crippen molar-refractivity contribution in [1.29, 1.82) is 0 Å². The monoisotopic (exact) mass is 1310 g/mol. The van der Waals surface area contributed by atoms with Gasteiger partial charge in [-0.15, -0.1) is 37.2 Å². The number of anilines is 3. The zero-order valence-electron chi connectivity index (χ0n) is 51.3. The third-order valence-electron chi connectivity index (χ3n) is 14.3. The van der Waals surface area contributed by atoms with E-state index in [1.54, 1.807) is 58.3 Å². The molecule has 0 aliphatic heterocycles. The number of nitrogens with zero attached hydrogens (tertiary/aromatic N) is 12. The summed E-state index contributed by atoms with van der Waals surface area (Å²) in [6.45, 7) is 7.90. The van der Waals surface area contributed by atoms with E-state index in [4.69, 9.17) is 41.4 Å². The van der Waals surface area contributed by atoms with E-state index in [1.807, 2.05) is 62.4 Å². The van der Waals surface area contributed by atoms with Crippen LogP contribution in [-0.2, 0) is 32.4 Å². The van der Waals surface area contributed by atoms with Crippen molar-refractivity contribution in [2.24, 2.45) is 0 Å². The minimum absolute atomic E-state index is 0. The topological polar surface area (TPSA) is 265 Å². The first kappa shape index (κ1) is 66.0. The van der Waals surface area contributed by atoms with Crippen LogP contribution in [0.3, 0.4) is 0 Å². The van der Waals surface area contributed by atoms with Gasteiger partial charge in [-0.3, -0.25) is 15.0 Å². The largest absolute Gasteiger partial charge is 1.00 e. The van der Waals surface area contributed by atoms with Gasteiger partial charge in [0.2, 0.25) is 27.2 Å². The zero-order chi connectivity index (χ0) is 63.1. The van der Waals surface area contributed by atoms with Crippen LogP contribution >= 0.6 is 45.6 Å². The number of allylic oxidation sites excluding steroid dienone is 3. The van der Waals surface area contributed by atoms with E-state index in [1.165, 1.54) is 50.7 Å². The molecule has 460 valence electrons. The van der Waals surface area contributed by atoms with E-state index in [9.17, 15) is 0 Å². The molecule has 0 radical (unpaired) electrons. The van der Waals surface area contributed by atoms with Crippen molar-refractivity contribution in [3.05, 3.63) is 225 Å². The summed E-state index contributed by atoms with van der Waals surface area (Å²) in [7, 11) is 3.33. The predicted octanol–water partition coefficient (Wildman–Crippen LogP) is 9.59. The molecule has 4 N–H and O–H groups in total. The Kier molecular flexibility index (Phi) is 22.9. The number of rotatable bonds is 18. The van der Waals surface area contributed by atoms with Gasteiger partial charge >= 0.3 is 29.6 Å². The SMILES string of the molecule is CCOc1cncc(C2=CCc3ccc(-c4nnc(N)s4)cc32)n1.CCOc1cncc(C2=CCc3ccc(-c4nnc(NCc5ccc(OC)cc5)s4)cc32)n1.CC[O-].COc1ccc(CNc2nnc(-c3ccc4c(c3)C(c3cncc(Cl)n3)=CC4)s2)cc1.[Na+]. The first-order chi connectivity index (χ1) is 44.6. The Balaban J connectivity index is 0.000000149. The number of methoxy groups -OCH3 is 2. The average Bonchev–Trinajstić information content (AvgIpc) is 1.66. The summed E-state index contributed by atoms with van der Waals surface area (Å²) < 4.78 is 21.4. The number of ether oxygens (including phenoxy) is 4. The van der Waals surface area contributed by atoms with E-state index in [0.717, 1.165) is 134 Å². The Morgan fingerprint density at radius 2 is 0.870 bits per heavy atom. The Labute approximate surface area is 571 Å². The third-order valence-corrected chi connectivity index (χ3v) is 17.1. The second kappa shape index (κ2) is 31.9. The molecule has 0 saturated heterocycles. The van der Waals surface area contributed by atoms with Crippen molar-refractivity contribution in [3.8, 4) is 55.0 Å². The fourth-order valence-electron chi connectivity index (χ4n) is 9.99. The molecule has 0 bridgehead atoms. The maximum Gasteiger partial charge on any atom is 1.00 e. The van der Waals surface area contributed by atoms with Gasteiger partial charge in [0.15, 0.2) is 0 Å². The molecule has 6 aromatic heterocycles. The Bertz CT molecular complexity index is 4410. The van der Waals surface area contributed by atoms with Crippen LogP contribution in [0.4, 0.5) is 15.4 Å². The normalized spacial score (nSPS) is 12.1. The smallest absolute Gasteiger partial charge is 0.855 e. The van der Waals surface area contributed by atoms with Gasteiger partial charge in [-0.05, 0) is 120 Å². The molecule has 0 saturated carbocycles. The van der Waals surface area contributed by atoms with Crippen LogP contribution in [0.25, 0.3) is 48.4 Å². The summed E-state index contributed by atoms with van der Waals surface area (Å²) >= 11 is 10.5. The Morgan fingerprint density at radius 1 is 0.489 bits per heavy atom. The molecule has 3 aliphatic rings. The van der Waals surface area contributed by atoms with Gasteiger partial charge in [-0.2, -0.15) is 0 Å². The molecule has 11 aromatic rings. The number of hydrogen-bond donors (Lipinski definition) is 3. The maximum absolute atomic E-state index is 8.93. The van der Waals surface area contributed by atoms with Crippen molar-refractivity contribution >= 4 is 77.7 Å². The first-order valence-electron chi connectivity index (χ1n) is 29.1. The van der Waals surface area contributed by atoms with Crippen molar-refractivity contribution in [3.63, 3.8) is 0 Å². The number of nitrogens with one attached hydrogen (secondary N) is 2. The maximum atomic E-state index is 8.93. The number of halogens is 1. The zero-order valence-corrected chi connectivity index (χ0v) is 56.5. The van der Waals surface area contributed by atoms with Crippen LogP contribution in [-0.4, -0.2) is 94.5 Å². The number of aromatic nitrogens is 12. The van der Waals surface area contributed by atoms with E-state index < -0.39 is 0 Å². The van der Waals surface area contributed by atoms with Crippen LogP contribution in [0.15, 0.2) is 159 Å². The van der Waals surface area contributed by atoms with Crippen molar-refractivity contribution in [2.75, 3.05) is 50.4 Å². The number of benzene rings is 5. The number of fused-ring (bicyclic) bond motifs is 3. The third kappa shape index (κ3) is 16.4. The molecule has 0 atom stereocenters. The van der Waals surface area contributed by atoms with Crippen LogP contribution < -0.4 is 70.0 Å². The van der Waals surface area contributed by atoms with Gasteiger partial charge in [0.25, 0.3) is 0 Å². The molecular weight excluding hydrogens is 1250 g/mol. The van der Waals surface area contributed by atoms with Gasteiger partial charge in [0.05, 0.1) is 81.7 Å². The molecule has 0 spiro atoms. The van der Waals surface area contributed by atoms with E-state index in [2.05, 4.69) is 144 Å². The first-order valence-corrected chi connectivity index (χ1v) is 31.9. The van der Waals surface area contributed by atoms with Crippen molar-refractivity contribution in [1.82, 2.24) is 60.5 Å². The van der Waals surface area contributed by atoms with Gasteiger partial charge in [-0.1, -0.05) is 131 Å². The number of hydrogen-bond acceptors (Lipinski definition) is 23. The molecule has 0 amide bonds. The molecule has 3 aliphatic carbocycles. The number of nitrogen functional groups attached to an aromatic ring is 1. The summed E-state index contributed by atoms with van der Waals surface area (Å²) in [5, 5.41) is 46.0. The molecule has 14 rings (SSSR count). The Morgan fingerprint density at radius 3 is 1.24 bits per heavy atom. The van der Waals surface area contributed by atoms with E-state index >= 15 is 0 Å². The van der Waals surface area contributed by atoms with Gasteiger partial charge in [0.1, 0.15) is 31.7 Å². The van der Waals surface area contributed by atoms with Crippen molar-refractivity contribution < 1.29 is 53.6 Å². The molecule has 92 heavy (non-hydrogen) atoms. The summed E-state index contributed by atoms with van der Waals surface area (Å²) in [6.07, 6.45) is 19.2. The molecule has 20 nitrogen and oxygen atoms in total. The summed E-state index contributed by atoms with van der Waals surface area (Å²) in [6, 6.07) is 35.0. The molecule has 6 heterocycles. The van der Waals surface area contributed by atoms with E-state index in [0.29, 0.717) is 48.3 Å². The van der Waals surface area contributed by atoms with Gasteiger partial charge in [-0.25, -0.2) is 15.0 Å². The summed E-state index contributed by atoms with van der Waals surface area (Å²) in [5.41, 5.74) is 23.9. The van der Waals surface area contributed by atoms with Gasteiger partial charge < -0.3 is 40.4 Å². The second-order valence-electron chi connectivity index (χ2n) is 20.1. The molecule has 0 fully saturated rings. The van der Waals surface area contributed by atoms with Crippen LogP contribution in [0.2, 0.25) is 5.15 Å². The van der Waals surface area contributed by atoms with Crippen LogP contribution in [0.5, 0.6) is 23.3 Å². The fourth-order valence-corrected chi connectivity index (χ4v) is 12.2. The summed E-state index contributed by atoms with van der Waals surface area (Å²) in [4.78, 5) is 26.3. The minimum Gasteiger partial charge on any atom is -0.855 e. The van der Waals surface area contributed by atoms with E-state index in [-0.39, 0.29) is 36.2 Å². The minimum atomic E-state index is 0. The molecule has 0 unspecified atom stereocenters. The van der Waals surface area contributed by atoms with Crippen LogP contribution in [0.1, 0.15) is 82.4 Å². The molecule has 25 heteroatoms. The number of nitrogens with two attached hydrogens (primary N) is 1. The van der Waals surface area contributed by atoms with Gasteiger partial charge in [0, 0.05) is 46.5 Å². The molecule has 5 aromatic carbocycles. The second-order valence-corrected chi connectivity index (χ2v) is 23.5. The Hall–Kier alpha value is -8.91. The predicted molar refractivity (Wildman–Crippen MR) is 357 cm³/mol. The standard InChI is InChI=1S/C25H23N5O2S.C23H18ClN5OS.C17H15N5OS.C2H5O.Na/c1-3-32-23-15-26-14-22(28-23)20-11-8-17-6-7-18(12-21(17)20)24-29-30-25(33-24)27-13-16-4-9-19(31-2)10-5-16;1-30-17-7-2-14(3-8-17)11-26-23-29-28-22(31-23)16-5-4-15-6-9-18(19(15)10-16)20-12-25-13-21(24)27-20;1-2-23-15-9-19-8-14(20-15)12-6-5-10-3-4-11(7-13(10)12)16-21-22-17(18)24-16;1-2-3;/h4-7,9-12,14-15H,3,8,13H2,1-2H3,(H,27,30);2-5,7-10,12-13H,6,11H2,1H3,(H,26,29);3-4,6-9H,2,5H2,1H3,(H2,18,22);2H2,1H3;/q;;;-1;+1. The fraction of sp³-hybridized carbons (Fsp3) is 0.194.